The molecule has 4 heteroatoms. The highest BCUT2D eigenvalue weighted by molar-refractivity contribution is 7.99. The van der Waals surface area contributed by atoms with Gasteiger partial charge in [0.05, 0.1) is 6.10 Å². The summed E-state index contributed by atoms with van der Waals surface area (Å²) in [6, 6.07) is 3.95. The Kier molecular flexibility index (Phi) is 4.29. The van der Waals surface area contributed by atoms with Crippen molar-refractivity contribution in [2.75, 3.05) is 24.7 Å². The molecule has 1 aromatic rings. The maximum absolute atomic E-state index is 10.3. The average Bonchev–Trinajstić information content (AvgIpc) is 2.39. The Morgan fingerprint density at radius 1 is 1.41 bits per heavy atom. The molecule has 0 radical (unpaired) electrons. The van der Waals surface area contributed by atoms with Gasteiger partial charge in [0.1, 0.15) is 5.82 Å². The first-order valence-corrected chi connectivity index (χ1v) is 7.16. The van der Waals surface area contributed by atoms with Gasteiger partial charge >= 0.3 is 0 Å². The summed E-state index contributed by atoms with van der Waals surface area (Å²) in [7, 11) is 3.94. The first-order chi connectivity index (χ1) is 8.18. The Balaban J connectivity index is 2.05. The predicted octanol–water partition coefficient (Wildman–Crippen LogP) is 2.47. The van der Waals surface area contributed by atoms with E-state index < -0.39 is 0 Å². The number of rotatable bonds is 3. The van der Waals surface area contributed by atoms with E-state index in [1.54, 1.807) is 6.20 Å². The third kappa shape index (κ3) is 3.13. The van der Waals surface area contributed by atoms with Crippen LogP contribution in [-0.4, -0.2) is 35.2 Å². The van der Waals surface area contributed by atoms with Crippen LogP contribution in [-0.2, 0) is 0 Å². The molecule has 2 heterocycles. The fourth-order valence-corrected chi connectivity index (χ4v) is 3.41. The number of hydrogen-bond acceptors (Lipinski definition) is 4. The standard InChI is InChI=1S/C13H20N2OS/c1-15(2)12-7-6-10(9-14-12)13(16)11-5-3-4-8-17-11/h6-7,9,11,13,16H,3-5,8H2,1-2H3. The zero-order chi connectivity index (χ0) is 12.3. The minimum atomic E-state index is -0.371. The number of anilines is 1. The zero-order valence-electron chi connectivity index (χ0n) is 10.5. The molecule has 17 heavy (non-hydrogen) atoms. The summed E-state index contributed by atoms with van der Waals surface area (Å²) < 4.78 is 0. The first kappa shape index (κ1) is 12.7. The molecule has 1 fully saturated rings. The number of hydrogen-bond donors (Lipinski definition) is 1. The number of nitrogens with zero attached hydrogens (tertiary/aromatic N) is 2. The molecule has 0 spiro atoms. The molecule has 2 atom stereocenters. The topological polar surface area (TPSA) is 36.4 Å². The third-order valence-electron chi connectivity index (χ3n) is 3.14. The van der Waals surface area contributed by atoms with E-state index in [0.717, 1.165) is 17.8 Å². The summed E-state index contributed by atoms with van der Waals surface area (Å²) in [5, 5.41) is 10.6. The summed E-state index contributed by atoms with van der Waals surface area (Å²) in [5.41, 5.74) is 0.940. The molecule has 0 amide bonds. The van der Waals surface area contributed by atoms with E-state index in [-0.39, 0.29) is 6.10 Å². The van der Waals surface area contributed by atoms with Gasteiger partial charge in [0, 0.05) is 31.1 Å². The fourth-order valence-electron chi connectivity index (χ4n) is 2.07. The van der Waals surface area contributed by atoms with Crippen molar-refractivity contribution in [3.8, 4) is 0 Å². The minimum absolute atomic E-state index is 0.343. The van der Waals surface area contributed by atoms with Crippen molar-refractivity contribution in [3.05, 3.63) is 23.9 Å². The van der Waals surface area contributed by atoms with Crippen molar-refractivity contribution in [3.63, 3.8) is 0 Å². The molecule has 0 bridgehead atoms. The second-order valence-corrected chi connectivity index (χ2v) is 6.04. The molecule has 1 N–H and O–H groups in total. The lowest BCUT2D eigenvalue weighted by atomic mass is 10.0. The van der Waals surface area contributed by atoms with Gasteiger partial charge in [-0.15, -0.1) is 0 Å². The van der Waals surface area contributed by atoms with Crippen LogP contribution in [0.1, 0.15) is 30.9 Å². The van der Waals surface area contributed by atoms with Crippen LogP contribution in [0.2, 0.25) is 0 Å². The number of aliphatic hydroxyl groups is 1. The zero-order valence-corrected chi connectivity index (χ0v) is 11.3. The average molecular weight is 252 g/mol. The Morgan fingerprint density at radius 2 is 2.24 bits per heavy atom. The summed E-state index contributed by atoms with van der Waals surface area (Å²) in [5.74, 6) is 2.10. The third-order valence-corrected chi connectivity index (χ3v) is 4.58. The van der Waals surface area contributed by atoms with Crippen molar-refractivity contribution in [1.29, 1.82) is 0 Å². The van der Waals surface area contributed by atoms with Crippen molar-refractivity contribution >= 4 is 17.6 Å². The van der Waals surface area contributed by atoms with E-state index in [9.17, 15) is 5.11 Å². The summed E-state index contributed by atoms with van der Waals surface area (Å²) in [4.78, 5) is 6.31. The maximum Gasteiger partial charge on any atom is 0.127 e. The number of pyridine rings is 1. The lowest BCUT2D eigenvalue weighted by Gasteiger charge is -2.26. The van der Waals surface area contributed by atoms with Crippen LogP contribution in [0.25, 0.3) is 0 Å². The fraction of sp³-hybridized carbons (Fsp3) is 0.615. The van der Waals surface area contributed by atoms with Gasteiger partial charge in [0.2, 0.25) is 0 Å². The van der Waals surface area contributed by atoms with Gasteiger partial charge in [-0.1, -0.05) is 12.5 Å². The van der Waals surface area contributed by atoms with Crippen molar-refractivity contribution < 1.29 is 5.11 Å². The molecule has 2 unspecified atom stereocenters. The van der Waals surface area contributed by atoms with E-state index >= 15 is 0 Å². The molecule has 0 aromatic carbocycles. The van der Waals surface area contributed by atoms with E-state index in [4.69, 9.17) is 0 Å². The van der Waals surface area contributed by atoms with Crippen LogP contribution in [0.3, 0.4) is 0 Å². The van der Waals surface area contributed by atoms with E-state index in [1.165, 1.54) is 18.6 Å². The molecular weight excluding hydrogens is 232 g/mol. The normalized spacial score (nSPS) is 22.2. The molecular formula is C13H20N2OS. The SMILES string of the molecule is CN(C)c1ccc(C(O)C2CCCCS2)cn1. The van der Waals surface area contributed by atoms with Crippen molar-refractivity contribution in [2.45, 2.75) is 30.6 Å². The van der Waals surface area contributed by atoms with Crippen LogP contribution in [0, 0.1) is 0 Å². The van der Waals surface area contributed by atoms with E-state index in [2.05, 4.69) is 4.98 Å². The van der Waals surface area contributed by atoms with Gasteiger partial charge in [0.25, 0.3) is 0 Å². The van der Waals surface area contributed by atoms with Gasteiger partial charge in [-0.05, 0) is 24.7 Å². The molecule has 2 rings (SSSR count). The Labute approximate surface area is 107 Å². The highest BCUT2D eigenvalue weighted by Gasteiger charge is 2.23. The molecule has 0 aliphatic carbocycles. The summed E-state index contributed by atoms with van der Waals surface area (Å²) >= 11 is 1.89. The smallest absolute Gasteiger partial charge is 0.127 e. The summed E-state index contributed by atoms with van der Waals surface area (Å²) in [6.45, 7) is 0. The number of aliphatic hydroxyl groups excluding tert-OH is 1. The van der Waals surface area contributed by atoms with E-state index in [0.29, 0.717) is 5.25 Å². The number of thioether (sulfide) groups is 1. The van der Waals surface area contributed by atoms with Gasteiger partial charge in [0.15, 0.2) is 0 Å². The maximum atomic E-state index is 10.3. The molecule has 1 aromatic heterocycles. The predicted molar refractivity (Wildman–Crippen MR) is 73.6 cm³/mol. The van der Waals surface area contributed by atoms with Crippen LogP contribution in [0.15, 0.2) is 18.3 Å². The molecule has 1 aliphatic rings. The highest BCUT2D eigenvalue weighted by atomic mass is 32.2. The monoisotopic (exact) mass is 252 g/mol. The molecule has 3 nitrogen and oxygen atoms in total. The minimum Gasteiger partial charge on any atom is -0.387 e. The molecule has 0 saturated carbocycles. The largest absolute Gasteiger partial charge is 0.387 e. The first-order valence-electron chi connectivity index (χ1n) is 6.11. The second-order valence-electron chi connectivity index (χ2n) is 4.69. The molecule has 1 saturated heterocycles. The van der Waals surface area contributed by atoms with Crippen LogP contribution >= 0.6 is 11.8 Å². The number of aromatic nitrogens is 1. The van der Waals surface area contributed by atoms with Crippen LogP contribution in [0.4, 0.5) is 5.82 Å². The van der Waals surface area contributed by atoms with Crippen LogP contribution < -0.4 is 4.90 Å². The van der Waals surface area contributed by atoms with Crippen molar-refractivity contribution in [2.24, 2.45) is 0 Å². The van der Waals surface area contributed by atoms with E-state index in [1.807, 2.05) is 42.9 Å². The molecule has 94 valence electrons. The Bertz CT molecular complexity index is 347. The lowest BCUT2D eigenvalue weighted by Crippen LogP contribution is -2.19. The second kappa shape index (κ2) is 5.74. The summed E-state index contributed by atoms with van der Waals surface area (Å²) in [6.07, 6.45) is 5.06. The highest BCUT2D eigenvalue weighted by Crippen LogP contribution is 2.34. The van der Waals surface area contributed by atoms with Gasteiger partial charge in [-0.25, -0.2) is 4.98 Å². The van der Waals surface area contributed by atoms with Gasteiger partial charge in [-0.2, -0.15) is 11.8 Å². The lowest BCUT2D eigenvalue weighted by molar-refractivity contribution is 0.168. The van der Waals surface area contributed by atoms with Crippen LogP contribution in [0.5, 0.6) is 0 Å². The molecule has 1 aliphatic heterocycles. The quantitative estimate of drug-likeness (QED) is 0.896. The van der Waals surface area contributed by atoms with Crippen molar-refractivity contribution in [1.82, 2.24) is 4.98 Å². The Hall–Kier alpha value is -0.740. The van der Waals surface area contributed by atoms with Gasteiger partial charge in [-0.3, -0.25) is 0 Å². The Morgan fingerprint density at radius 3 is 2.76 bits per heavy atom. The van der Waals surface area contributed by atoms with Gasteiger partial charge < -0.3 is 10.0 Å².